The van der Waals surface area contributed by atoms with Crippen LogP contribution in [-0.4, -0.2) is 18.2 Å². The van der Waals surface area contributed by atoms with Gasteiger partial charge >= 0.3 is 12.1 Å². The summed E-state index contributed by atoms with van der Waals surface area (Å²) in [7, 11) is 0. The Kier molecular flexibility index (Phi) is 5.08. The van der Waals surface area contributed by atoms with Gasteiger partial charge in [-0.25, -0.2) is 4.79 Å². The Morgan fingerprint density at radius 2 is 1.75 bits per heavy atom. The van der Waals surface area contributed by atoms with Crippen LogP contribution in [0.15, 0.2) is 0 Å². The van der Waals surface area contributed by atoms with Crippen molar-refractivity contribution >= 4 is 12.1 Å². The molecule has 12 heavy (non-hydrogen) atoms. The quantitative estimate of drug-likeness (QED) is 0.484. The summed E-state index contributed by atoms with van der Waals surface area (Å²) >= 11 is 0. The SMILES string of the molecule is CCC(CC)OC(=O)OC(C)=O. The fourth-order valence-electron chi connectivity index (χ4n) is 0.733. The Balaban J connectivity index is 3.74. The van der Waals surface area contributed by atoms with Gasteiger partial charge in [0.2, 0.25) is 0 Å². The Labute approximate surface area is 71.8 Å². The van der Waals surface area contributed by atoms with E-state index in [-0.39, 0.29) is 6.10 Å². The van der Waals surface area contributed by atoms with Crippen LogP contribution < -0.4 is 0 Å². The normalized spacial score (nSPS) is 9.67. The van der Waals surface area contributed by atoms with E-state index in [0.29, 0.717) is 0 Å². The number of hydrogen-bond acceptors (Lipinski definition) is 4. The van der Waals surface area contributed by atoms with Crippen LogP contribution in [0.2, 0.25) is 0 Å². The third kappa shape index (κ3) is 4.71. The van der Waals surface area contributed by atoms with Crippen LogP contribution in [0.1, 0.15) is 33.6 Å². The third-order valence-electron chi connectivity index (χ3n) is 1.40. The lowest BCUT2D eigenvalue weighted by Crippen LogP contribution is -2.19. The minimum atomic E-state index is -0.906. The van der Waals surface area contributed by atoms with Gasteiger partial charge in [0.25, 0.3) is 0 Å². The standard InChI is InChI=1S/C8H14O4/c1-4-7(5-2)12-8(10)11-6(3)9/h7H,4-5H2,1-3H3. The monoisotopic (exact) mass is 174 g/mol. The zero-order valence-electron chi connectivity index (χ0n) is 7.62. The highest BCUT2D eigenvalue weighted by atomic mass is 16.7. The second-order valence-electron chi connectivity index (χ2n) is 2.40. The topological polar surface area (TPSA) is 52.6 Å². The Bertz CT molecular complexity index is 160. The van der Waals surface area contributed by atoms with E-state index >= 15 is 0 Å². The second kappa shape index (κ2) is 5.57. The van der Waals surface area contributed by atoms with Gasteiger partial charge in [-0.3, -0.25) is 4.79 Å². The molecule has 0 atom stereocenters. The molecule has 0 aromatic carbocycles. The van der Waals surface area contributed by atoms with Gasteiger partial charge in [-0.05, 0) is 12.8 Å². The van der Waals surface area contributed by atoms with Crippen molar-refractivity contribution in [1.29, 1.82) is 0 Å². The molecule has 0 saturated carbocycles. The Hall–Kier alpha value is -1.06. The predicted molar refractivity (Wildman–Crippen MR) is 42.6 cm³/mol. The minimum Gasteiger partial charge on any atom is -0.431 e. The van der Waals surface area contributed by atoms with E-state index in [2.05, 4.69) is 4.74 Å². The van der Waals surface area contributed by atoms with Gasteiger partial charge < -0.3 is 9.47 Å². The van der Waals surface area contributed by atoms with E-state index in [1.165, 1.54) is 0 Å². The molecule has 0 spiro atoms. The molecule has 0 saturated heterocycles. The van der Waals surface area contributed by atoms with E-state index in [1.807, 2.05) is 13.8 Å². The molecule has 0 heterocycles. The number of carbonyl (C=O) groups is 2. The summed E-state index contributed by atoms with van der Waals surface area (Å²) in [6, 6.07) is 0. The highest BCUT2D eigenvalue weighted by molar-refractivity contribution is 5.79. The second-order valence-corrected chi connectivity index (χ2v) is 2.40. The van der Waals surface area contributed by atoms with Crippen LogP contribution in [0.3, 0.4) is 0 Å². The van der Waals surface area contributed by atoms with E-state index in [9.17, 15) is 9.59 Å². The number of hydrogen-bond donors (Lipinski definition) is 0. The summed E-state index contributed by atoms with van der Waals surface area (Å²) in [5.41, 5.74) is 0. The molecule has 0 radical (unpaired) electrons. The maximum Gasteiger partial charge on any atom is 0.516 e. The van der Waals surface area contributed by atoms with Gasteiger partial charge in [0, 0.05) is 6.92 Å². The molecule has 0 aliphatic rings. The lowest BCUT2D eigenvalue weighted by atomic mass is 10.2. The van der Waals surface area contributed by atoms with Crippen molar-refractivity contribution in [3.8, 4) is 0 Å². The predicted octanol–water partition coefficient (Wildman–Crippen LogP) is 1.87. The summed E-state index contributed by atoms with van der Waals surface area (Å²) in [6.45, 7) is 4.96. The third-order valence-corrected chi connectivity index (χ3v) is 1.40. The van der Waals surface area contributed by atoms with Crippen molar-refractivity contribution in [3.63, 3.8) is 0 Å². The van der Waals surface area contributed by atoms with Gasteiger partial charge in [-0.1, -0.05) is 13.8 Å². The number of carbonyl (C=O) groups excluding carboxylic acids is 2. The van der Waals surface area contributed by atoms with Crippen molar-refractivity contribution in [2.75, 3.05) is 0 Å². The van der Waals surface area contributed by atoms with E-state index in [1.54, 1.807) is 0 Å². The van der Waals surface area contributed by atoms with Crippen LogP contribution in [0.4, 0.5) is 4.79 Å². The van der Waals surface area contributed by atoms with Crippen molar-refractivity contribution < 1.29 is 19.1 Å². The van der Waals surface area contributed by atoms with Gasteiger partial charge in [0.05, 0.1) is 0 Å². The van der Waals surface area contributed by atoms with E-state index in [4.69, 9.17) is 4.74 Å². The van der Waals surface area contributed by atoms with Crippen molar-refractivity contribution in [2.45, 2.75) is 39.7 Å². The molecule has 4 nitrogen and oxygen atoms in total. The largest absolute Gasteiger partial charge is 0.516 e. The smallest absolute Gasteiger partial charge is 0.431 e. The first-order chi connectivity index (χ1) is 5.60. The maximum atomic E-state index is 10.7. The number of ether oxygens (including phenoxy) is 2. The first kappa shape index (κ1) is 10.9. The maximum absolute atomic E-state index is 10.7. The van der Waals surface area contributed by atoms with Crippen molar-refractivity contribution in [1.82, 2.24) is 0 Å². The number of esters is 1. The first-order valence-corrected chi connectivity index (χ1v) is 3.99. The van der Waals surface area contributed by atoms with E-state index in [0.717, 1.165) is 19.8 Å². The van der Waals surface area contributed by atoms with Crippen molar-refractivity contribution in [3.05, 3.63) is 0 Å². The molecule has 0 aromatic rings. The molecule has 0 aliphatic carbocycles. The average Bonchev–Trinajstić information content (AvgIpc) is 1.98. The minimum absolute atomic E-state index is 0.156. The highest BCUT2D eigenvalue weighted by Crippen LogP contribution is 2.03. The molecular weight excluding hydrogens is 160 g/mol. The lowest BCUT2D eigenvalue weighted by Gasteiger charge is -2.11. The summed E-state index contributed by atoms with van der Waals surface area (Å²) in [5, 5.41) is 0. The number of rotatable bonds is 3. The molecule has 0 unspecified atom stereocenters. The average molecular weight is 174 g/mol. The lowest BCUT2D eigenvalue weighted by molar-refractivity contribution is -0.138. The van der Waals surface area contributed by atoms with Gasteiger partial charge in [0.15, 0.2) is 0 Å². The fraction of sp³-hybridized carbons (Fsp3) is 0.750. The molecular formula is C8H14O4. The van der Waals surface area contributed by atoms with Crippen LogP contribution >= 0.6 is 0 Å². The summed E-state index contributed by atoms with van der Waals surface area (Å²) in [4.78, 5) is 21.0. The summed E-state index contributed by atoms with van der Waals surface area (Å²) in [6.07, 6.45) is 0.389. The summed E-state index contributed by atoms with van der Waals surface area (Å²) < 4.78 is 8.96. The molecule has 0 rings (SSSR count). The molecule has 4 heteroatoms. The van der Waals surface area contributed by atoms with Crippen LogP contribution in [-0.2, 0) is 14.3 Å². The Morgan fingerprint density at radius 1 is 1.25 bits per heavy atom. The Morgan fingerprint density at radius 3 is 2.08 bits per heavy atom. The van der Waals surface area contributed by atoms with Crippen molar-refractivity contribution in [2.24, 2.45) is 0 Å². The van der Waals surface area contributed by atoms with Gasteiger partial charge in [-0.2, -0.15) is 0 Å². The molecule has 0 amide bonds. The zero-order chi connectivity index (χ0) is 9.56. The van der Waals surface area contributed by atoms with E-state index < -0.39 is 12.1 Å². The fourth-order valence-corrected chi connectivity index (χ4v) is 0.733. The molecule has 0 bridgehead atoms. The highest BCUT2D eigenvalue weighted by Gasteiger charge is 2.12. The molecule has 0 fully saturated rings. The van der Waals surface area contributed by atoms with Gasteiger partial charge in [-0.15, -0.1) is 0 Å². The first-order valence-electron chi connectivity index (χ1n) is 3.99. The molecule has 70 valence electrons. The van der Waals surface area contributed by atoms with Crippen LogP contribution in [0.5, 0.6) is 0 Å². The van der Waals surface area contributed by atoms with Crippen LogP contribution in [0.25, 0.3) is 0 Å². The molecule has 0 aliphatic heterocycles. The summed E-state index contributed by atoms with van der Waals surface area (Å²) in [5.74, 6) is -0.647. The molecule has 0 aromatic heterocycles. The molecule has 0 N–H and O–H groups in total. The van der Waals surface area contributed by atoms with Crippen LogP contribution in [0, 0.1) is 0 Å². The zero-order valence-corrected chi connectivity index (χ0v) is 7.62. The van der Waals surface area contributed by atoms with Gasteiger partial charge in [0.1, 0.15) is 6.10 Å².